The van der Waals surface area contributed by atoms with Gasteiger partial charge in [0, 0.05) is 31.6 Å². The van der Waals surface area contributed by atoms with Crippen molar-refractivity contribution in [3.63, 3.8) is 0 Å². The van der Waals surface area contributed by atoms with Gasteiger partial charge in [-0.3, -0.25) is 5.10 Å². The van der Waals surface area contributed by atoms with Gasteiger partial charge in [-0.1, -0.05) is 6.92 Å². The van der Waals surface area contributed by atoms with Crippen molar-refractivity contribution in [3.8, 4) is 0 Å². The summed E-state index contributed by atoms with van der Waals surface area (Å²) in [6, 6.07) is 0.524. The second-order valence-electron chi connectivity index (χ2n) is 5.14. The predicted octanol–water partition coefficient (Wildman–Crippen LogP) is 0.726. The van der Waals surface area contributed by atoms with Gasteiger partial charge in [0.05, 0.1) is 0 Å². The van der Waals surface area contributed by atoms with Gasteiger partial charge >= 0.3 is 0 Å². The molecule has 1 aromatic heterocycles. The van der Waals surface area contributed by atoms with Crippen molar-refractivity contribution in [2.75, 3.05) is 24.5 Å². The summed E-state index contributed by atoms with van der Waals surface area (Å²) in [5.41, 5.74) is 0. The van der Waals surface area contributed by atoms with Crippen LogP contribution < -0.4 is 10.2 Å². The zero-order chi connectivity index (χ0) is 11.1. The number of aromatic amines is 1. The molecule has 1 aliphatic heterocycles. The summed E-state index contributed by atoms with van der Waals surface area (Å²) in [5, 5.41) is 10.8. The van der Waals surface area contributed by atoms with Crippen molar-refractivity contribution in [2.45, 2.75) is 32.2 Å². The maximum absolute atomic E-state index is 4.61. The van der Waals surface area contributed by atoms with Crippen LogP contribution in [0.5, 0.6) is 0 Å². The molecule has 2 unspecified atom stereocenters. The van der Waals surface area contributed by atoms with Gasteiger partial charge in [-0.25, -0.2) is 0 Å². The molecule has 5 heteroatoms. The average Bonchev–Trinajstić information content (AvgIpc) is 2.81. The lowest BCUT2D eigenvalue weighted by molar-refractivity contribution is 0.479. The summed E-state index contributed by atoms with van der Waals surface area (Å²) in [5.74, 6) is 3.36. The van der Waals surface area contributed by atoms with Crippen LogP contribution in [0.15, 0.2) is 0 Å². The molecule has 2 fully saturated rings. The number of H-pyrrole nitrogens is 1. The van der Waals surface area contributed by atoms with Crippen molar-refractivity contribution in [1.82, 2.24) is 20.5 Å². The van der Waals surface area contributed by atoms with Crippen LogP contribution in [0.4, 0.5) is 5.95 Å². The number of aromatic nitrogens is 3. The van der Waals surface area contributed by atoms with Crippen molar-refractivity contribution >= 4 is 5.95 Å². The molecule has 1 saturated heterocycles. The maximum atomic E-state index is 4.61. The molecule has 0 radical (unpaired) electrons. The minimum absolute atomic E-state index is 0.524. The SMILES string of the molecule is CC1CC1c1nc(N2CCN[C@H](C)C2)n[nH]1. The fourth-order valence-electron chi connectivity index (χ4n) is 2.39. The highest BCUT2D eigenvalue weighted by Gasteiger charge is 2.37. The Morgan fingerprint density at radius 1 is 1.38 bits per heavy atom. The summed E-state index contributed by atoms with van der Waals surface area (Å²) in [7, 11) is 0. The fraction of sp³-hybridized carbons (Fsp3) is 0.818. The van der Waals surface area contributed by atoms with Gasteiger partial charge in [0.1, 0.15) is 5.82 Å². The van der Waals surface area contributed by atoms with Crippen LogP contribution >= 0.6 is 0 Å². The summed E-state index contributed by atoms with van der Waals surface area (Å²) in [6.07, 6.45) is 1.26. The zero-order valence-electron chi connectivity index (χ0n) is 9.90. The molecule has 5 nitrogen and oxygen atoms in total. The second-order valence-corrected chi connectivity index (χ2v) is 5.14. The lowest BCUT2D eigenvalue weighted by atomic mass is 10.2. The van der Waals surface area contributed by atoms with E-state index in [1.54, 1.807) is 0 Å². The number of nitrogens with one attached hydrogen (secondary N) is 2. The minimum Gasteiger partial charge on any atom is -0.337 e. The lowest BCUT2D eigenvalue weighted by Gasteiger charge is -2.30. The topological polar surface area (TPSA) is 56.8 Å². The van der Waals surface area contributed by atoms with Crippen molar-refractivity contribution < 1.29 is 0 Å². The maximum Gasteiger partial charge on any atom is 0.244 e. The van der Waals surface area contributed by atoms with E-state index in [1.807, 2.05) is 0 Å². The van der Waals surface area contributed by atoms with Gasteiger partial charge in [-0.15, -0.1) is 5.10 Å². The van der Waals surface area contributed by atoms with Crippen molar-refractivity contribution in [3.05, 3.63) is 5.82 Å². The van der Waals surface area contributed by atoms with Crippen LogP contribution in [0, 0.1) is 5.92 Å². The molecule has 0 amide bonds. The van der Waals surface area contributed by atoms with Crippen LogP contribution in [0.2, 0.25) is 0 Å². The summed E-state index contributed by atoms with van der Waals surface area (Å²) < 4.78 is 0. The highest BCUT2D eigenvalue weighted by atomic mass is 15.4. The Morgan fingerprint density at radius 2 is 2.19 bits per heavy atom. The molecule has 1 aromatic rings. The summed E-state index contributed by atoms with van der Waals surface area (Å²) in [4.78, 5) is 6.87. The van der Waals surface area contributed by atoms with Crippen LogP contribution in [0.1, 0.15) is 32.0 Å². The molecule has 3 rings (SSSR count). The Bertz CT molecular complexity index is 374. The third-order valence-electron chi connectivity index (χ3n) is 3.60. The first-order valence-electron chi connectivity index (χ1n) is 6.14. The van der Waals surface area contributed by atoms with Gasteiger partial charge in [0.2, 0.25) is 5.95 Å². The Balaban J connectivity index is 1.71. The van der Waals surface area contributed by atoms with E-state index in [9.17, 15) is 0 Å². The first-order valence-corrected chi connectivity index (χ1v) is 6.14. The molecule has 0 spiro atoms. The Hall–Kier alpha value is -1.10. The standard InChI is InChI=1S/C11H19N5/c1-7-5-9(7)10-13-11(15-14-10)16-4-3-12-8(2)6-16/h7-9,12H,3-6H2,1-2H3,(H,13,14,15)/t7?,8-,9?/m1/s1. The van der Waals surface area contributed by atoms with E-state index in [1.165, 1.54) is 6.42 Å². The third kappa shape index (κ3) is 1.80. The number of nitrogens with zero attached hydrogens (tertiary/aromatic N) is 3. The van der Waals surface area contributed by atoms with Gasteiger partial charge in [-0.2, -0.15) is 4.98 Å². The molecular formula is C11H19N5. The minimum atomic E-state index is 0.524. The van der Waals surface area contributed by atoms with Crippen molar-refractivity contribution in [1.29, 1.82) is 0 Å². The quantitative estimate of drug-likeness (QED) is 0.773. The molecular weight excluding hydrogens is 202 g/mol. The van der Waals surface area contributed by atoms with E-state index in [-0.39, 0.29) is 0 Å². The van der Waals surface area contributed by atoms with E-state index in [0.29, 0.717) is 12.0 Å². The summed E-state index contributed by atoms with van der Waals surface area (Å²) in [6.45, 7) is 7.48. The van der Waals surface area contributed by atoms with Gasteiger partial charge in [-0.05, 0) is 19.3 Å². The highest BCUT2D eigenvalue weighted by molar-refractivity contribution is 5.31. The molecule has 1 saturated carbocycles. The number of rotatable bonds is 2. The monoisotopic (exact) mass is 221 g/mol. The second kappa shape index (κ2) is 3.73. The van der Waals surface area contributed by atoms with E-state index < -0.39 is 0 Å². The smallest absolute Gasteiger partial charge is 0.244 e. The number of hydrogen-bond donors (Lipinski definition) is 2. The van der Waals surface area contributed by atoms with Crippen LogP contribution in [-0.4, -0.2) is 40.9 Å². The first-order chi connectivity index (χ1) is 7.74. The Kier molecular flexibility index (Phi) is 2.35. The number of piperazine rings is 1. The lowest BCUT2D eigenvalue weighted by Crippen LogP contribution is -2.49. The molecule has 3 atom stereocenters. The number of hydrogen-bond acceptors (Lipinski definition) is 4. The normalized spacial score (nSPS) is 34.1. The molecule has 2 heterocycles. The molecule has 1 aliphatic carbocycles. The Morgan fingerprint density at radius 3 is 2.88 bits per heavy atom. The molecule has 2 aliphatic rings. The molecule has 88 valence electrons. The zero-order valence-corrected chi connectivity index (χ0v) is 9.90. The van der Waals surface area contributed by atoms with Crippen LogP contribution in [-0.2, 0) is 0 Å². The summed E-state index contributed by atoms with van der Waals surface area (Å²) >= 11 is 0. The highest BCUT2D eigenvalue weighted by Crippen LogP contribution is 2.45. The van der Waals surface area contributed by atoms with Crippen LogP contribution in [0.3, 0.4) is 0 Å². The Labute approximate surface area is 95.6 Å². The van der Waals surface area contributed by atoms with Crippen molar-refractivity contribution in [2.24, 2.45) is 5.92 Å². The van der Waals surface area contributed by atoms with Crippen LogP contribution in [0.25, 0.3) is 0 Å². The largest absolute Gasteiger partial charge is 0.337 e. The fourth-order valence-corrected chi connectivity index (χ4v) is 2.39. The molecule has 0 bridgehead atoms. The molecule has 16 heavy (non-hydrogen) atoms. The first kappa shape index (κ1) is 10.1. The molecule has 2 N–H and O–H groups in total. The van der Waals surface area contributed by atoms with E-state index in [4.69, 9.17) is 0 Å². The molecule has 0 aromatic carbocycles. The van der Waals surface area contributed by atoms with E-state index in [2.05, 4.69) is 39.2 Å². The number of anilines is 1. The van der Waals surface area contributed by atoms with E-state index in [0.717, 1.165) is 37.3 Å². The van der Waals surface area contributed by atoms with E-state index >= 15 is 0 Å². The average molecular weight is 221 g/mol. The van der Waals surface area contributed by atoms with Gasteiger partial charge in [0.15, 0.2) is 0 Å². The van der Waals surface area contributed by atoms with Gasteiger partial charge in [0.25, 0.3) is 0 Å². The third-order valence-corrected chi connectivity index (χ3v) is 3.60. The van der Waals surface area contributed by atoms with Gasteiger partial charge < -0.3 is 10.2 Å². The predicted molar refractivity (Wildman–Crippen MR) is 62.6 cm³/mol.